The van der Waals surface area contributed by atoms with E-state index >= 15 is 0 Å². The minimum Gasteiger partial charge on any atom is -0.345 e. The zero-order chi connectivity index (χ0) is 20.6. The van der Waals surface area contributed by atoms with Crippen LogP contribution in [0.5, 0.6) is 0 Å². The molecule has 0 radical (unpaired) electrons. The number of halogens is 1. The number of nitrogens with zero attached hydrogens (tertiary/aromatic N) is 3. The standard InChI is InChI=1S/C26H28BrN3/c1-20-24(27)16-23-12-13-26(14-15-29(19-26)17-21-8-4-2-5-9-21)30(25(23)28-20)18-22-10-6-3-7-11-22/h2-11,16H,12-15,17-19H2,1H3. The van der Waals surface area contributed by atoms with Crippen LogP contribution in [0.2, 0.25) is 0 Å². The van der Waals surface area contributed by atoms with Crippen molar-refractivity contribution in [3.05, 3.63) is 93.6 Å². The topological polar surface area (TPSA) is 19.4 Å². The van der Waals surface area contributed by atoms with Crippen LogP contribution in [0.4, 0.5) is 5.82 Å². The molecular weight excluding hydrogens is 434 g/mol. The van der Waals surface area contributed by atoms with Crippen LogP contribution in [0.15, 0.2) is 71.2 Å². The Morgan fingerprint density at radius 3 is 2.30 bits per heavy atom. The Bertz CT molecular complexity index is 1020. The van der Waals surface area contributed by atoms with Gasteiger partial charge in [0.2, 0.25) is 0 Å². The van der Waals surface area contributed by atoms with E-state index in [9.17, 15) is 0 Å². The molecule has 0 amide bonds. The summed E-state index contributed by atoms with van der Waals surface area (Å²) in [6.45, 7) is 6.29. The second-order valence-electron chi connectivity index (χ2n) is 8.78. The second kappa shape index (κ2) is 8.16. The normalized spacial score (nSPS) is 21.2. The molecule has 0 N–H and O–H groups in total. The van der Waals surface area contributed by atoms with Gasteiger partial charge in [0.1, 0.15) is 5.82 Å². The zero-order valence-electron chi connectivity index (χ0n) is 17.5. The summed E-state index contributed by atoms with van der Waals surface area (Å²) in [5.41, 5.74) is 5.36. The fraction of sp³-hybridized carbons (Fsp3) is 0.346. The lowest BCUT2D eigenvalue weighted by molar-refractivity contribution is 0.280. The number of pyridine rings is 1. The highest BCUT2D eigenvalue weighted by Gasteiger charge is 2.46. The number of anilines is 1. The van der Waals surface area contributed by atoms with Crippen molar-refractivity contribution in [2.75, 3.05) is 18.0 Å². The van der Waals surface area contributed by atoms with E-state index in [0.29, 0.717) is 0 Å². The summed E-state index contributed by atoms with van der Waals surface area (Å²) in [4.78, 5) is 10.3. The first-order chi connectivity index (χ1) is 14.6. The molecule has 2 aromatic carbocycles. The molecule has 0 aliphatic carbocycles. The molecule has 2 aliphatic rings. The molecule has 3 nitrogen and oxygen atoms in total. The molecule has 1 spiro atoms. The van der Waals surface area contributed by atoms with Crippen molar-refractivity contribution < 1.29 is 0 Å². The predicted molar refractivity (Wildman–Crippen MR) is 127 cm³/mol. The molecule has 1 atom stereocenters. The lowest BCUT2D eigenvalue weighted by Gasteiger charge is -2.47. The van der Waals surface area contributed by atoms with Crippen molar-refractivity contribution >= 4 is 21.7 Å². The maximum Gasteiger partial charge on any atom is 0.132 e. The molecule has 3 heterocycles. The van der Waals surface area contributed by atoms with Crippen LogP contribution in [0.1, 0.15) is 35.2 Å². The smallest absolute Gasteiger partial charge is 0.132 e. The van der Waals surface area contributed by atoms with E-state index in [1.807, 2.05) is 0 Å². The Hall–Kier alpha value is -2.17. The fourth-order valence-electron chi connectivity index (χ4n) is 5.10. The van der Waals surface area contributed by atoms with Gasteiger partial charge in [0, 0.05) is 30.7 Å². The van der Waals surface area contributed by atoms with Gasteiger partial charge in [-0.2, -0.15) is 0 Å². The van der Waals surface area contributed by atoms with Crippen molar-refractivity contribution in [2.45, 2.75) is 44.8 Å². The minimum atomic E-state index is 0.158. The van der Waals surface area contributed by atoms with Crippen LogP contribution in [-0.2, 0) is 19.5 Å². The van der Waals surface area contributed by atoms with Crippen molar-refractivity contribution in [2.24, 2.45) is 0 Å². The number of fused-ring (bicyclic) bond motifs is 1. The second-order valence-corrected chi connectivity index (χ2v) is 9.64. The summed E-state index contributed by atoms with van der Waals surface area (Å²) in [6, 6.07) is 24.0. The lowest BCUT2D eigenvalue weighted by atomic mass is 9.84. The van der Waals surface area contributed by atoms with Crippen LogP contribution in [-0.4, -0.2) is 28.5 Å². The SMILES string of the molecule is Cc1nc2c(cc1Br)CCC1(CCN(Cc3ccccc3)C1)N2Cc1ccccc1. The van der Waals surface area contributed by atoms with E-state index in [2.05, 4.69) is 99.4 Å². The molecule has 154 valence electrons. The third kappa shape index (κ3) is 3.79. The number of benzene rings is 2. The largest absolute Gasteiger partial charge is 0.345 e. The molecular formula is C26H28BrN3. The quantitative estimate of drug-likeness (QED) is 0.492. The van der Waals surface area contributed by atoms with E-state index in [-0.39, 0.29) is 5.54 Å². The van der Waals surface area contributed by atoms with Crippen molar-refractivity contribution in [1.29, 1.82) is 0 Å². The van der Waals surface area contributed by atoms with Crippen LogP contribution >= 0.6 is 15.9 Å². The molecule has 0 saturated carbocycles. The van der Waals surface area contributed by atoms with Gasteiger partial charge < -0.3 is 4.90 Å². The van der Waals surface area contributed by atoms with E-state index in [4.69, 9.17) is 4.98 Å². The predicted octanol–water partition coefficient (Wildman–Crippen LogP) is 5.75. The van der Waals surface area contributed by atoms with Crippen molar-refractivity contribution in [1.82, 2.24) is 9.88 Å². The van der Waals surface area contributed by atoms with Crippen LogP contribution in [0, 0.1) is 6.92 Å². The molecule has 1 unspecified atom stereocenters. The lowest BCUT2D eigenvalue weighted by Crippen LogP contribution is -2.53. The molecule has 1 fully saturated rings. The third-order valence-electron chi connectivity index (χ3n) is 6.74. The van der Waals surface area contributed by atoms with E-state index in [1.54, 1.807) is 0 Å². The van der Waals surface area contributed by atoms with E-state index in [1.165, 1.54) is 35.3 Å². The average Bonchev–Trinajstić information content (AvgIpc) is 3.16. The molecule has 30 heavy (non-hydrogen) atoms. The molecule has 5 rings (SSSR count). The summed E-state index contributed by atoms with van der Waals surface area (Å²) in [5, 5.41) is 0. The number of aromatic nitrogens is 1. The molecule has 0 bridgehead atoms. The molecule has 3 aromatic rings. The molecule has 1 aromatic heterocycles. The van der Waals surface area contributed by atoms with Gasteiger partial charge in [-0.15, -0.1) is 0 Å². The fourth-order valence-corrected chi connectivity index (χ4v) is 5.47. The van der Waals surface area contributed by atoms with Crippen LogP contribution in [0.3, 0.4) is 0 Å². The first-order valence-corrected chi connectivity index (χ1v) is 11.7. The Morgan fingerprint density at radius 1 is 0.933 bits per heavy atom. The van der Waals surface area contributed by atoms with E-state index < -0.39 is 0 Å². The minimum absolute atomic E-state index is 0.158. The van der Waals surface area contributed by atoms with E-state index in [0.717, 1.165) is 42.8 Å². The first kappa shape index (κ1) is 19.8. The first-order valence-electron chi connectivity index (χ1n) is 10.9. The highest BCUT2D eigenvalue weighted by molar-refractivity contribution is 9.10. The van der Waals surface area contributed by atoms with Gasteiger partial charge in [-0.25, -0.2) is 4.98 Å². The van der Waals surface area contributed by atoms with Gasteiger partial charge in [-0.3, -0.25) is 4.90 Å². The number of hydrogen-bond acceptors (Lipinski definition) is 3. The molecule has 2 aliphatic heterocycles. The van der Waals surface area contributed by atoms with Gasteiger partial charge >= 0.3 is 0 Å². The number of rotatable bonds is 4. The van der Waals surface area contributed by atoms with Gasteiger partial charge in [0.25, 0.3) is 0 Å². The number of aryl methyl sites for hydroxylation is 2. The zero-order valence-corrected chi connectivity index (χ0v) is 19.1. The maximum atomic E-state index is 5.08. The Morgan fingerprint density at radius 2 is 1.60 bits per heavy atom. The van der Waals surface area contributed by atoms with Gasteiger partial charge in [0.15, 0.2) is 0 Å². The van der Waals surface area contributed by atoms with Gasteiger partial charge in [0.05, 0.1) is 11.2 Å². The van der Waals surface area contributed by atoms with Gasteiger partial charge in [-0.1, -0.05) is 60.7 Å². The Kier molecular flexibility index (Phi) is 5.38. The summed E-state index contributed by atoms with van der Waals surface area (Å²) in [6.07, 6.45) is 3.49. The number of hydrogen-bond donors (Lipinski definition) is 0. The monoisotopic (exact) mass is 461 g/mol. The van der Waals surface area contributed by atoms with Crippen LogP contribution in [0.25, 0.3) is 0 Å². The van der Waals surface area contributed by atoms with Crippen molar-refractivity contribution in [3.63, 3.8) is 0 Å². The Balaban J connectivity index is 1.48. The molecule has 1 saturated heterocycles. The Labute approximate surface area is 187 Å². The average molecular weight is 462 g/mol. The number of likely N-dealkylation sites (tertiary alicyclic amines) is 1. The molecule has 4 heteroatoms. The summed E-state index contributed by atoms with van der Waals surface area (Å²) >= 11 is 3.69. The summed E-state index contributed by atoms with van der Waals surface area (Å²) in [5.74, 6) is 1.19. The summed E-state index contributed by atoms with van der Waals surface area (Å²) < 4.78 is 1.12. The maximum absolute atomic E-state index is 5.08. The third-order valence-corrected chi connectivity index (χ3v) is 7.54. The van der Waals surface area contributed by atoms with Gasteiger partial charge in [-0.05, 0) is 64.9 Å². The highest BCUT2D eigenvalue weighted by atomic mass is 79.9. The summed E-state index contributed by atoms with van der Waals surface area (Å²) in [7, 11) is 0. The van der Waals surface area contributed by atoms with Crippen LogP contribution < -0.4 is 4.90 Å². The van der Waals surface area contributed by atoms with Crippen molar-refractivity contribution in [3.8, 4) is 0 Å². The highest BCUT2D eigenvalue weighted by Crippen LogP contribution is 2.43.